The summed E-state index contributed by atoms with van der Waals surface area (Å²) in [5.41, 5.74) is 6.63. The molecule has 0 atom stereocenters. The fourth-order valence-corrected chi connectivity index (χ4v) is 1.18. The van der Waals surface area contributed by atoms with Gasteiger partial charge >= 0.3 is 0 Å². The number of nitrogens with zero attached hydrogens (tertiary/aromatic N) is 4. The first-order valence-corrected chi connectivity index (χ1v) is 5.70. The molecule has 5 nitrogen and oxygen atoms in total. The predicted molar refractivity (Wildman–Crippen MR) is 70.3 cm³/mol. The van der Waals surface area contributed by atoms with Crippen LogP contribution >= 0.6 is 0 Å². The van der Waals surface area contributed by atoms with Crippen LogP contribution in [0.2, 0.25) is 0 Å². The van der Waals surface area contributed by atoms with E-state index >= 15 is 0 Å². The van der Waals surface area contributed by atoms with Crippen molar-refractivity contribution < 1.29 is 0 Å². The van der Waals surface area contributed by atoms with Crippen molar-refractivity contribution >= 4 is 16.9 Å². The number of hydrogen-bond donors (Lipinski definition) is 1. The third-order valence-corrected chi connectivity index (χ3v) is 1.86. The summed E-state index contributed by atoms with van der Waals surface area (Å²) in [5, 5.41) is 13.5. The van der Waals surface area contributed by atoms with Gasteiger partial charge in [0.15, 0.2) is 5.65 Å². The summed E-state index contributed by atoms with van der Waals surface area (Å²) in [6, 6.07) is 3.66. The quantitative estimate of drug-likeness (QED) is 0.758. The normalized spacial score (nSPS) is 8.47. The largest absolute Gasteiger partial charge is 0.383 e. The van der Waals surface area contributed by atoms with Crippen LogP contribution in [0.15, 0.2) is 12.3 Å². The van der Waals surface area contributed by atoms with Gasteiger partial charge < -0.3 is 5.73 Å². The number of fused-ring (bicyclic) bond motifs is 1. The van der Waals surface area contributed by atoms with Crippen molar-refractivity contribution in [2.45, 2.75) is 27.7 Å². The Hall–Kier alpha value is -2.09. The van der Waals surface area contributed by atoms with E-state index < -0.39 is 0 Å². The Morgan fingerprint density at radius 1 is 1.29 bits per heavy atom. The third kappa shape index (κ3) is 3.18. The number of aryl methyl sites for hydroxylation is 1. The second-order valence-corrected chi connectivity index (χ2v) is 2.71. The van der Waals surface area contributed by atoms with Gasteiger partial charge in [-0.05, 0) is 6.07 Å². The Bertz CT molecular complexity index is 507. The van der Waals surface area contributed by atoms with Gasteiger partial charge in [0.25, 0.3) is 0 Å². The van der Waals surface area contributed by atoms with E-state index in [1.54, 1.807) is 24.0 Å². The maximum atomic E-state index is 8.69. The molecule has 0 bridgehead atoms. The third-order valence-electron chi connectivity index (χ3n) is 1.86. The van der Waals surface area contributed by atoms with Crippen molar-refractivity contribution in [3.05, 3.63) is 17.8 Å². The molecule has 0 aliphatic heterocycles. The molecule has 0 unspecified atom stereocenters. The highest BCUT2D eigenvalue weighted by atomic mass is 15.3. The SMILES string of the molecule is CC.CC.Cn1ncc2cc(C#N)c(N)nc21. The fraction of sp³-hybridized carbons (Fsp3) is 0.417. The lowest BCUT2D eigenvalue weighted by molar-refractivity contribution is 0.787. The van der Waals surface area contributed by atoms with Crippen molar-refractivity contribution in [3.8, 4) is 6.07 Å². The van der Waals surface area contributed by atoms with Crippen LogP contribution in [0.1, 0.15) is 33.3 Å². The van der Waals surface area contributed by atoms with E-state index in [1.165, 1.54) is 0 Å². The van der Waals surface area contributed by atoms with Gasteiger partial charge in [-0.2, -0.15) is 10.4 Å². The van der Waals surface area contributed by atoms with Gasteiger partial charge in [0.1, 0.15) is 11.9 Å². The molecular weight excluding hydrogens is 214 g/mol. The molecule has 2 rings (SSSR count). The summed E-state index contributed by atoms with van der Waals surface area (Å²) in [6.07, 6.45) is 1.66. The molecule has 0 radical (unpaired) electrons. The van der Waals surface area contributed by atoms with E-state index in [0.29, 0.717) is 11.2 Å². The van der Waals surface area contributed by atoms with Gasteiger partial charge in [-0.25, -0.2) is 4.98 Å². The minimum atomic E-state index is 0.249. The number of nitrogen functional groups attached to an aromatic ring is 1. The first-order chi connectivity index (χ1) is 8.22. The predicted octanol–water partition coefficient (Wildman–Crippen LogP) is 2.47. The Morgan fingerprint density at radius 2 is 1.88 bits per heavy atom. The molecule has 2 N–H and O–H groups in total. The summed E-state index contributed by atoms with van der Waals surface area (Å²) >= 11 is 0. The summed E-state index contributed by atoms with van der Waals surface area (Å²) in [7, 11) is 1.78. The second-order valence-electron chi connectivity index (χ2n) is 2.71. The van der Waals surface area contributed by atoms with E-state index in [9.17, 15) is 0 Å². The maximum absolute atomic E-state index is 8.69. The zero-order valence-corrected chi connectivity index (χ0v) is 11.0. The van der Waals surface area contributed by atoms with E-state index in [0.717, 1.165) is 5.39 Å². The van der Waals surface area contributed by atoms with Crippen molar-refractivity contribution in [2.75, 3.05) is 5.73 Å². The van der Waals surface area contributed by atoms with Crippen LogP contribution in [0.3, 0.4) is 0 Å². The molecule has 5 heteroatoms. The fourth-order valence-electron chi connectivity index (χ4n) is 1.18. The Labute approximate surface area is 102 Å². The Kier molecular flexibility index (Phi) is 6.34. The average Bonchev–Trinajstić information content (AvgIpc) is 2.74. The van der Waals surface area contributed by atoms with Gasteiger partial charge in [-0.3, -0.25) is 4.68 Å². The van der Waals surface area contributed by atoms with Crippen molar-refractivity contribution in [1.82, 2.24) is 14.8 Å². The molecule has 0 saturated carbocycles. The van der Waals surface area contributed by atoms with Crippen molar-refractivity contribution in [1.29, 1.82) is 5.26 Å². The molecule has 0 aromatic carbocycles. The molecule has 0 amide bonds. The van der Waals surface area contributed by atoms with Crippen LogP contribution in [0, 0.1) is 11.3 Å². The van der Waals surface area contributed by atoms with Crippen LogP contribution in [0.4, 0.5) is 5.82 Å². The van der Waals surface area contributed by atoms with Crippen LogP contribution in [0.25, 0.3) is 11.0 Å². The van der Waals surface area contributed by atoms with Gasteiger partial charge in [-0.1, -0.05) is 27.7 Å². The molecule has 0 fully saturated rings. The Morgan fingerprint density at radius 3 is 2.41 bits per heavy atom. The van der Waals surface area contributed by atoms with E-state index in [-0.39, 0.29) is 5.82 Å². The lowest BCUT2D eigenvalue weighted by Gasteiger charge is -1.97. The second kappa shape index (κ2) is 7.23. The van der Waals surface area contributed by atoms with E-state index in [2.05, 4.69) is 10.1 Å². The minimum absolute atomic E-state index is 0.249. The smallest absolute Gasteiger partial charge is 0.159 e. The molecule has 2 aromatic heterocycles. The topological polar surface area (TPSA) is 80.5 Å². The molecule has 92 valence electrons. The Balaban J connectivity index is 0.000000581. The summed E-state index contributed by atoms with van der Waals surface area (Å²) < 4.78 is 1.62. The van der Waals surface area contributed by atoms with Gasteiger partial charge in [0.2, 0.25) is 0 Å². The van der Waals surface area contributed by atoms with Gasteiger partial charge in [0.05, 0.1) is 11.8 Å². The van der Waals surface area contributed by atoms with Crippen molar-refractivity contribution in [2.24, 2.45) is 7.05 Å². The first-order valence-electron chi connectivity index (χ1n) is 5.70. The lowest BCUT2D eigenvalue weighted by atomic mass is 10.2. The number of anilines is 1. The number of rotatable bonds is 0. The summed E-state index contributed by atoms with van der Waals surface area (Å²) in [4.78, 5) is 4.06. The van der Waals surface area contributed by atoms with Gasteiger partial charge in [-0.15, -0.1) is 0 Å². The highest BCUT2D eigenvalue weighted by molar-refractivity contribution is 5.79. The van der Waals surface area contributed by atoms with Crippen molar-refractivity contribution in [3.63, 3.8) is 0 Å². The summed E-state index contributed by atoms with van der Waals surface area (Å²) in [5.74, 6) is 0.249. The zero-order chi connectivity index (χ0) is 13.4. The van der Waals surface area contributed by atoms with E-state index in [4.69, 9.17) is 11.0 Å². The number of aromatic nitrogens is 3. The molecule has 0 saturated heterocycles. The lowest BCUT2D eigenvalue weighted by Crippen LogP contribution is -1.98. The maximum Gasteiger partial charge on any atom is 0.159 e. The number of nitrogens with two attached hydrogens (primary N) is 1. The minimum Gasteiger partial charge on any atom is -0.383 e. The van der Waals surface area contributed by atoms with Crippen LogP contribution in [-0.4, -0.2) is 14.8 Å². The molecule has 2 aromatic rings. The molecule has 17 heavy (non-hydrogen) atoms. The molecule has 2 heterocycles. The highest BCUT2D eigenvalue weighted by Gasteiger charge is 2.05. The number of nitriles is 1. The van der Waals surface area contributed by atoms with Gasteiger partial charge in [0, 0.05) is 12.4 Å². The first kappa shape index (κ1) is 14.9. The van der Waals surface area contributed by atoms with Crippen LogP contribution < -0.4 is 5.73 Å². The molecule has 0 aliphatic carbocycles. The summed E-state index contributed by atoms with van der Waals surface area (Å²) in [6.45, 7) is 8.00. The molecule has 0 aliphatic rings. The monoisotopic (exact) mass is 233 g/mol. The molecule has 0 spiro atoms. The zero-order valence-electron chi connectivity index (χ0n) is 11.0. The average molecular weight is 233 g/mol. The van der Waals surface area contributed by atoms with E-state index in [1.807, 2.05) is 33.8 Å². The highest BCUT2D eigenvalue weighted by Crippen LogP contribution is 2.16. The number of hydrogen-bond acceptors (Lipinski definition) is 4. The standard InChI is InChI=1S/C8H7N5.2C2H6/c1-13-8-6(4-11-13)2-5(3-9)7(10)12-8;2*1-2/h2,4H,1H3,(H2,10,12);2*1-2H3. The number of pyridine rings is 1. The van der Waals surface area contributed by atoms with Crippen LogP contribution in [0.5, 0.6) is 0 Å². The van der Waals surface area contributed by atoms with Crippen LogP contribution in [-0.2, 0) is 7.05 Å². The molecular formula is C12H19N5.